The minimum Gasteiger partial charge on any atom is -0.460 e. The van der Waals surface area contributed by atoms with E-state index in [9.17, 15) is 4.79 Å². The van der Waals surface area contributed by atoms with Crippen LogP contribution in [0.5, 0.6) is 0 Å². The summed E-state index contributed by atoms with van der Waals surface area (Å²) in [6.45, 7) is 0. The third-order valence-electron chi connectivity index (χ3n) is 0.715. The highest BCUT2D eigenvalue weighted by atomic mass is 127. The molecule has 0 aliphatic heterocycles. The molecule has 0 aliphatic rings. The highest BCUT2D eigenvalue weighted by molar-refractivity contribution is 14.1. The molecule has 0 saturated heterocycles. The number of furan rings is 1. The first-order chi connectivity index (χ1) is 3.80. The quantitative estimate of drug-likeness (QED) is 0.536. The monoisotopic (exact) mass is 222 g/mol. The molecule has 0 radical (unpaired) electrons. The van der Waals surface area contributed by atoms with Crippen molar-refractivity contribution in [3.05, 3.63) is 24.2 Å². The molecule has 0 saturated carbocycles. The summed E-state index contributed by atoms with van der Waals surface area (Å²) in [5.41, 5.74) is 0. The van der Waals surface area contributed by atoms with E-state index in [0.717, 1.165) is 0 Å². The molecule has 42 valence electrons. The molecule has 0 unspecified atom stereocenters. The van der Waals surface area contributed by atoms with Gasteiger partial charge in [-0.15, -0.1) is 0 Å². The van der Waals surface area contributed by atoms with Crippen LogP contribution in [-0.2, 0) is 0 Å². The summed E-state index contributed by atoms with van der Waals surface area (Å²) in [6.07, 6.45) is 1.48. The highest BCUT2D eigenvalue weighted by Crippen LogP contribution is 2.04. The average Bonchev–Trinajstić information content (AvgIpc) is 2.12. The molecule has 0 atom stereocenters. The predicted molar refractivity (Wildman–Crippen MR) is 37.1 cm³/mol. The van der Waals surface area contributed by atoms with Gasteiger partial charge in [0.1, 0.15) is 0 Å². The summed E-state index contributed by atoms with van der Waals surface area (Å²) in [7, 11) is 0. The van der Waals surface area contributed by atoms with Crippen LogP contribution in [-0.4, -0.2) is 3.79 Å². The summed E-state index contributed by atoms with van der Waals surface area (Å²) in [4.78, 5) is 10.4. The molecule has 2 nitrogen and oxygen atoms in total. The Hall–Kier alpha value is -0.320. The molecule has 0 fully saturated rings. The Morgan fingerprint density at radius 2 is 2.50 bits per heavy atom. The van der Waals surface area contributed by atoms with Crippen molar-refractivity contribution >= 4 is 26.4 Å². The van der Waals surface area contributed by atoms with Gasteiger partial charge in [-0.1, -0.05) is 0 Å². The molecule has 1 aromatic heterocycles. The van der Waals surface area contributed by atoms with Gasteiger partial charge in [0, 0.05) is 22.6 Å². The zero-order chi connectivity index (χ0) is 5.98. The van der Waals surface area contributed by atoms with Crippen molar-refractivity contribution < 1.29 is 9.21 Å². The van der Waals surface area contributed by atoms with Crippen LogP contribution in [0.1, 0.15) is 10.6 Å². The predicted octanol–water partition coefficient (Wildman–Crippen LogP) is 1.85. The third kappa shape index (κ3) is 1.09. The lowest BCUT2D eigenvalue weighted by Gasteiger charge is -1.78. The zero-order valence-corrected chi connectivity index (χ0v) is 6.08. The van der Waals surface area contributed by atoms with Crippen molar-refractivity contribution in [1.82, 2.24) is 0 Å². The standard InChI is InChI=1S/C5H3IO2/c6-5(7)4-2-1-3-8-4/h1-3H. The molecule has 0 N–H and O–H groups in total. The van der Waals surface area contributed by atoms with Crippen LogP contribution in [0.4, 0.5) is 0 Å². The smallest absolute Gasteiger partial charge is 0.257 e. The first-order valence-electron chi connectivity index (χ1n) is 2.04. The van der Waals surface area contributed by atoms with Gasteiger partial charge in [-0.3, -0.25) is 4.79 Å². The zero-order valence-electron chi connectivity index (χ0n) is 3.93. The normalized spacial score (nSPS) is 9.12. The van der Waals surface area contributed by atoms with E-state index in [2.05, 4.69) is 0 Å². The van der Waals surface area contributed by atoms with E-state index in [-0.39, 0.29) is 3.79 Å². The van der Waals surface area contributed by atoms with Crippen molar-refractivity contribution in [3.63, 3.8) is 0 Å². The van der Waals surface area contributed by atoms with Crippen LogP contribution in [0.15, 0.2) is 22.8 Å². The minimum absolute atomic E-state index is 0.0624. The maximum Gasteiger partial charge on any atom is 0.257 e. The number of rotatable bonds is 1. The maximum atomic E-state index is 10.4. The van der Waals surface area contributed by atoms with Crippen LogP contribution >= 0.6 is 22.6 Å². The molecule has 1 rings (SSSR count). The van der Waals surface area contributed by atoms with Crippen molar-refractivity contribution in [2.24, 2.45) is 0 Å². The molecule has 1 heterocycles. The van der Waals surface area contributed by atoms with Gasteiger partial charge in [0.25, 0.3) is 3.79 Å². The fraction of sp³-hybridized carbons (Fsp3) is 0. The van der Waals surface area contributed by atoms with Gasteiger partial charge in [0.15, 0.2) is 5.76 Å². The Balaban J connectivity index is 2.93. The van der Waals surface area contributed by atoms with Gasteiger partial charge in [-0.2, -0.15) is 0 Å². The van der Waals surface area contributed by atoms with Gasteiger partial charge in [0.05, 0.1) is 6.26 Å². The van der Waals surface area contributed by atoms with E-state index in [1.165, 1.54) is 6.26 Å². The van der Waals surface area contributed by atoms with E-state index in [0.29, 0.717) is 5.76 Å². The summed E-state index contributed by atoms with van der Waals surface area (Å²) in [5, 5.41) is 0. The Morgan fingerprint density at radius 3 is 2.75 bits per heavy atom. The maximum absolute atomic E-state index is 10.4. The number of carbonyl (C=O) groups excluding carboxylic acids is 1. The van der Waals surface area contributed by atoms with Crippen molar-refractivity contribution in [2.45, 2.75) is 0 Å². The van der Waals surface area contributed by atoms with E-state index in [1.807, 2.05) is 0 Å². The number of hydrogen-bond donors (Lipinski definition) is 0. The second kappa shape index (κ2) is 2.30. The van der Waals surface area contributed by atoms with Crippen LogP contribution in [0.3, 0.4) is 0 Å². The molecule has 0 bridgehead atoms. The van der Waals surface area contributed by atoms with Crippen LogP contribution in [0, 0.1) is 0 Å². The van der Waals surface area contributed by atoms with Gasteiger partial charge in [-0.05, 0) is 12.1 Å². The number of hydrogen-bond acceptors (Lipinski definition) is 2. The first-order valence-corrected chi connectivity index (χ1v) is 3.12. The summed E-state index contributed by atoms with van der Waals surface area (Å²) < 4.78 is 4.68. The SMILES string of the molecule is O=C(I)c1ccco1. The third-order valence-corrected chi connectivity index (χ3v) is 1.25. The molecular formula is C5H3IO2. The van der Waals surface area contributed by atoms with Crippen LogP contribution in [0.25, 0.3) is 0 Å². The molecule has 1 aromatic rings. The fourth-order valence-corrected chi connectivity index (χ4v) is 0.697. The summed E-state index contributed by atoms with van der Waals surface area (Å²) >= 11 is 1.67. The first kappa shape index (κ1) is 5.81. The van der Waals surface area contributed by atoms with Gasteiger partial charge < -0.3 is 4.42 Å². The lowest BCUT2D eigenvalue weighted by molar-refractivity contribution is 0.108. The summed E-state index contributed by atoms with van der Waals surface area (Å²) in [6, 6.07) is 3.32. The Kier molecular flexibility index (Phi) is 1.67. The molecule has 3 heteroatoms. The molecule has 0 aliphatic carbocycles. The van der Waals surface area contributed by atoms with Gasteiger partial charge in [0.2, 0.25) is 0 Å². The van der Waals surface area contributed by atoms with E-state index in [4.69, 9.17) is 4.42 Å². The lowest BCUT2D eigenvalue weighted by Crippen LogP contribution is -1.79. The molecule has 8 heavy (non-hydrogen) atoms. The van der Waals surface area contributed by atoms with E-state index < -0.39 is 0 Å². The molecular weight excluding hydrogens is 219 g/mol. The largest absolute Gasteiger partial charge is 0.460 e. The fourth-order valence-electron chi connectivity index (χ4n) is 0.390. The second-order valence-corrected chi connectivity index (χ2v) is 2.23. The molecule has 0 spiro atoms. The molecule has 0 aromatic carbocycles. The second-order valence-electron chi connectivity index (χ2n) is 1.25. The topological polar surface area (TPSA) is 30.2 Å². The van der Waals surface area contributed by atoms with Crippen LogP contribution < -0.4 is 0 Å². The minimum atomic E-state index is -0.0624. The summed E-state index contributed by atoms with van der Waals surface area (Å²) in [5.74, 6) is 0.408. The Bertz CT molecular complexity index is 178. The Labute approximate surface area is 60.0 Å². The van der Waals surface area contributed by atoms with Crippen molar-refractivity contribution in [2.75, 3.05) is 0 Å². The van der Waals surface area contributed by atoms with Crippen LogP contribution in [0.2, 0.25) is 0 Å². The lowest BCUT2D eigenvalue weighted by atomic mass is 10.5. The Morgan fingerprint density at radius 1 is 1.75 bits per heavy atom. The number of halogens is 1. The number of carbonyl (C=O) groups is 1. The van der Waals surface area contributed by atoms with Crippen molar-refractivity contribution in [3.8, 4) is 0 Å². The van der Waals surface area contributed by atoms with E-state index in [1.54, 1.807) is 34.7 Å². The van der Waals surface area contributed by atoms with E-state index >= 15 is 0 Å². The van der Waals surface area contributed by atoms with Gasteiger partial charge in [-0.25, -0.2) is 0 Å². The highest BCUT2D eigenvalue weighted by Gasteiger charge is 2.00. The average molecular weight is 222 g/mol. The molecule has 0 amide bonds. The van der Waals surface area contributed by atoms with Gasteiger partial charge >= 0.3 is 0 Å². The van der Waals surface area contributed by atoms with Crippen molar-refractivity contribution in [1.29, 1.82) is 0 Å².